The van der Waals surface area contributed by atoms with Crippen LogP contribution in [0, 0.1) is 0 Å². The Morgan fingerprint density at radius 1 is 1.29 bits per heavy atom. The van der Waals surface area contributed by atoms with Crippen LogP contribution in [0.2, 0.25) is 0 Å². The van der Waals surface area contributed by atoms with Gasteiger partial charge in [-0.25, -0.2) is 4.98 Å². The largest absolute Gasteiger partial charge is 0.396 e. The molecule has 1 saturated heterocycles. The van der Waals surface area contributed by atoms with E-state index in [1.54, 1.807) is 23.3 Å². The van der Waals surface area contributed by atoms with Gasteiger partial charge in [-0.05, 0) is 25.7 Å². The molecule has 1 aliphatic heterocycles. The summed E-state index contributed by atoms with van der Waals surface area (Å²) in [4.78, 5) is 19.1. The number of aromatic nitrogens is 5. The third-order valence-electron chi connectivity index (χ3n) is 3.69. The van der Waals surface area contributed by atoms with Crippen LogP contribution in [0.1, 0.15) is 25.7 Å². The highest BCUT2D eigenvalue weighted by molar-refractivity contribution is 5.40. The van der Waals surface area contributed by atoms with Crippen LogP contribution in [0.15, 0.2) is 18.7 Å². The molecule has 1 aliphatic rings. The van der Waals surface area contributed by atoms with Gasteiger partial charge in [-0.3, -0.25) is 4.57 Å². The second-order valence-corrected chi connectivity index (χ2v) is 5.12. The molecule has 3 N–H and O–H groups in total. The van der Waals surface area contributed by atoms with Gasteiger partial charge in [0.2, 0.25) is 17.8 Å². The van der Waals surface area contributed by atoms with E-state index in [1.807, 2.05) is 0 Å². The first-order valence-electron chi connectivity index (χ1n) is 7.15. The van der Waals surface area contributed by atoms with Gasteiger partial charge in [0.25, 0.3) is 0 Å². The highest BCUT2D eigenvalue weighted by atomic mass is 16.2. The Morgan fingerprint density at radius 2 is 2.14 bits per heavy atom. The van der Waals surface area contributed by atoms with E-state index in [0.29, 0.717) is 17.9 Å². The number of hydrogen-bond donors (Lipinski definition) is 2. The van der Waals surface area contributed by atoms with Crippen LogP contribution in [0.5, 0.6) is 0 Å². The molecule has 1 atom stereocenters. The maximum atomic E-state index is 9.01. The summed E-state index contributed by atoms with van der Waals surface area (Å²) in [5.41, 5.74) is 5.82. The zero-order chi connectivity index (χ0) is 14.7. The summed E-state index contributed by atoms with van der Waals surface area (Å²) >= 11 is 0. The van der Waals surface area contributed by atoms with E-state index >= 15 is 0 Å². The van der Waals surface area contributed by atoms with Crippen LogP contribution in [-0.2, 0) is 0 Å². The van der Waals surface area contributed by atoms with Gasteiger partial charge >= 0.3 is 0 Å². The van der Waals surface area contributed by atoms with Crippen molar-refractivity contribution in [3.63, 3.8) is 0 Å². The SMILES string of the molecule is Nc1nc(N2CCCC2CCCO)nc(-n2ccnc2)n1. The van der Waals surface area contributed by atoms with Gasteiger partial charge in [0.15, 0.2) is 0 Å². The van der Waals surface area contributed by atoms with Crippen LogP contribution >= 0.6 is 0 Å². The van der Waals surface area contributed by atoms with E-state index in [-0.39, 0.29) is 12.6 Å². The molecular weight excluding hydrogens is 270 g/mol. The van der Waals surface area contributed by atoms with Gasteiger partial charge in [0, 0.05) is 31.6 Å². The summed E-state index contributed by atoms with van der Waals surface area (Å²) in [7, 11) is 0. The standard InChI is InChI=1S/C13H19N7O/c14-11-16-12(19-7-5-15-9-19)18-13(17-11)20-6-1-3-10(20)4-2-8-21/h5,7,9-10,21H,1-4,6,8H2,(H2,14,16,17,18). The average Bonchev–Trinajstić information content (AvgIpc) is 3.15. The van der Waals surface area contributed by atoms with Crippen LogP contribution in [0.4, 0.5) is 11.9 Å². The molecule has 0 spiro atoms. The quantitative estimate of drug-likeness (QED) is 0.819. The Morgan fingerprint density at radius 3 is 2.90 bits per heavy atom. The number of nitrogens with zero attached hydrogens (tertiary/aromatic N) is 6. The summed E-state index contributed by atoms with van der Waals surface area (Å²) in [6.07, 6.45) is 8.98. The van der Waals surface area contributed by atoms with E-state index in [4.69, 9.17) is 10.8 Å². The molecular formula is C13H19N7O. The zero-order valence-corrected chi connectivity index (χ0v) is 11.8. The van der Waals surface area contributed by atoms with Gasteiger partial charge in [-0.2, -0.15) is 15.0 Å². The number of imidazole rings is 1. The number of rotatable bonds is 5. The summed E-state index contributed by atoms with van der Waals surface area (Å²) in [6.45, 7) is 1.12. The Balaban J connectivity index is 1.87. The summed E-state index contributed by atoms with van der Waals surface area (Å²) < 4.78 is 1.71. The van der Waals surface area contributed by atoms with E-state index in [1.165, 1.54) is 0 Å². The van der Waals surface area contributed by atoms with Crippen LogP contribution in [0.25, 0.3) is 5.95 Å². The van der Waals surface area contributed by atoms with Crippen LogP contribution < -0.4 is 10.6 Å². The second kappa shape index (κ2) is 6.04. The lowest BCUT2D eigenvalue weighted by molar-refractivity contribution is 0.279. The van der Waals surface area contributed by atoms with E-state index < -0.39 is 0 Å². The minimum absolute atomic E-state index is 0.205. The smallest absolute Gasteiger partial charge is 0.241 e. The molecule has 21 heavy (non-hydrogen) atoms. The van der Waals surface area contributed by atoms with Crippen molar-refractivity contribution in [3.8, 4) is 5.95 Å². The lowest BCUT2D eigenvalue weighted by atomic mass is 10.1. The summed E-state index contributed by atoms with van der Waals surface area (Å²) in [5.74, 6) is 1.28. The Kier molecular flexibility index (Phi) is 3.96. The van der Waals surface area contributed by atoms with E-state index in [0.717, 1.165) is 32.2 Å². The van der Waals surface area contributed by atoms with Crippen molar-refractivity contribution in [2.45, 2.75) is 31.7 Å². The minimum Gasteiger partial charge on any atom is -0.396 e. The molecule has 3 heterocycles. The van der Waals surface area contributed by atoms with Gasteiger partial charge in [0.05, 0.1) is 0 Å². The molecule has 0 bridgehead atoms. The third-order valence-corrected chi connectivity index (χ3v) is 3.69. The second-order valence-electron chi connectivity index (χ2n) is 5.12. The Bertz CT molecular complexity index is 586. The Labute approximate surface area is 122 Å². The number of anilines is 2. The topological polar surface area (TPSA) is 106 Å². The highest BCUT2D eigenvalue weighted by Gasteiger charge is 2.27. The Hall–Kier alpha value is -2.22. The fourth-order valence-electron chi connectivity index (χ4n) is 2.72. The van der Waals surface area contributed by atoms with Gasteiger partial charge in [0.1, 0.15) is 6.33 Å². The predicted molar refractivity (Wildman–Crippen MR) is 78.0 cm³/mol. The maximum Gasteiger partial charge on any atom is 0.241 e. The molecule has 2 aromatic heterocycles. The van der Waals surface area contributed by atoms with Crippen LogP contribution in [0.3, 0.4) is 0 Å². The fraction of sp³-hybridized carbons (Fsp3) is 0.538. The molecule has 0 amide bonds. The van der Waals surface area contributed by atoms with Crippen LogP contribution in [-0.4, -0.2) is 48.8 Å². The minimum atomic E-state index is 0.205. The average molecular weight is 289 g/mol. The fourth-order valence-corrected chi connectivity index (χ4v) is 2.72. The zero-order valence-electron chi connectivity index (χ0n) is 11.8. The number of nitrogens with two attached hydrogens (primary N) is 1. The number of aliphatic hydroxyl groups is 1. The van der Waals surface area contributed by atoms with Crippen molar-refractivity contribution in [2.24, 2.45) is 0 Å². The molecule has 0 aliphatic carbocycles. The summed E-state index contributed by atoms with van der Waals surface area (Å²) in [6, 6.07) is 0.356. The van der Waals surface area contributed by atoms with Gasteiger partial charge in [-0.15, -0.1) is 0 Å². The van der Waals surface area contributed by atoms with Crippen molar-refractivity contribution in [1.82, 2.24) is 24.5 Å². The molecule has 1 fully saturated rings. The molecule has 112 valence electrons. The number of aliphatic hydroxyl groups excluding tert-OH is 1. The lowest BCUT2D eigenvalue weighted by Gasteiger charge is -2.24. The predicted octanol–water partition coefficient (Wildman–Crippen LogP) is 0.381. The monoisotopic (exact) mass is 289 g/mol. The van der Waals surface area contributed by atoms with Gasteiger partial charge in [-0.1, -0.05) is 0 Å². The van der Waals surface area contributed by atoms with Crippen molar-refractivity contribution >= 4 is 11.9 Å². The molecule has 0 aromatic carbocycles. The molecule has 8 heteroatoms. The first-order chi connectivity index (χ1) is 10.3. The first-order valence-corrected chi connectivity index (χ1v) is 7.15. The number of hydrogen-bond acceptors (Lipinski definition) is 7. The molecule has 3 rings (SSSR count). The van der Waals surface area contributed by atoms with E-state index in [9.17, 15) is 0 Å². The van der Waals surface area contributed by atoms with Crippen molar-refractivity contribution < 1.29 is 5.11 Å². The van der Waals surface area contributed by atoms with Crippen molar-refractivity contribution in [1.29, 1.82) is 0 Å². The molecule has 1 unspecified atom stereocenters. The third kappa shape index (κ3) is 2.94. The molecule has 8 nitrogen and oxygen atoms in total. The first kappa shape index (κ1) is 13.7. The molecule has 0 radical (unpaired) electrons. The number of nitrogen functional groups attached to an aromatic ring is 1. The van der Waals surface area contributed by atoms with Gasteiger partial charge < -0.3 is 15.7 Å². The maximum absolute atomic E-state index is 9.01. The lowest BCUT2D eigenvalue weighted by Crippen LogP contribution is -2.31. The molecule has 0 saturated carbocycles. The van der Waals surface area contributed by atoms with E-state index in [2.05, 4.69) is 24.8 Å². The van der Waals surface area contributed by atoms with Crippen molar-refractivity contribution in [3.05, 3.63) is 18.7 Å². The molecule has 2 aromatic rings. The normalized spacial score (nSPS) is 18.3. The summed E-state index contributed by atoms with van der Waals surface area (Å²) in [5, 5.41) is 9.01. The van der Waals surface area contributed by atoms with Crippen molar-refractivity contribution in [2.75, 3.05) is 23.8 Å². The highest BCUT2D eigenvalue weighted by Crippen LogP contribution is 2.26.